The normalized spacial score (nSPS) is 10.6. The fraction of sp³-hybridized carbons (Fsp3) is 0. The highest BCUT2D eigenvalue weighted by molar-refractivity contribution is 7.99. The van der Waals surface area contributed by atoms with E-state index < -0.39 is 5.97 Å². The van der Waals surface area contributed by atoms with Crippen LogP contribution < -0.4 is 0 Å². The first-order chi connectivity index (χ1) is 9.75. The van der Waals surface area contributed by atoms with E-state index in [1.165, 1.54) is 11.8 Å². The minimum absolute atomic E-state index is 0.290. The number of nitrogens with zero attached hydrogens (tertiary/aromatic N) is 2. The van der Waals surface area contributed by atoms with Gasteiger partial charge in [-0.1, -0.05) is 42.1 Å². The number of fused-ring (bicyclic) bond motifs is 1. The third kappa shape index (κ3) is 2.35. The summed E-state index contributed by atoms with van der Waals surface area (Å²) >= 11 is 1.39. The Morgan fingerprint density at radius 3 is 2.60 bits per heavy atom. The number of carboxylic acids is 1. The number of benzene rings is 2. The lowest BCUT2D eigenvalue weighted by Crippen LogP contribution is -1.98. The van der Waals surface area contributed by atoms with E-state index in [1.807, 2.05) is 30.3 Å². The summed E-state index contributed by atoms with van der Waals surface area (Å²) in [5.74, 6) is -0.931. The molecular weight excluding hydrogens is 272 g/mol. The molecule has 2 aromatic carbocycles. The van der Waals surface area contributed by atoms with Crippen LogP contribution in [-0.2, 0) is 0 Å². The predicted octanol–water partition coefficient (Wildman–Crippen LogP) is 3.48. The van der Waals surface area contributed by atoms with Crippen LogP contribution in [-0.4, -0.2) is 21.3 Å². The lowest BCUT2D eigenvalue weighted by Gasteiger charge is -2.07. The van der Waals surface area contributed by atoms with Gasteiger partial charge in [-0.3, -0.25) is 0 Å². The fourth-order valence-electron chi connectivity index (χ4n) is 1.91. The molecule has 0 spiro atoms. The summed E-state index contributed by atoms with van der Waals surface area (Å²) in [7, 11) is 0. The summed E-state index contributed by atoms with van der Waals surface area (Å²) in [6, 6.07) is 14.6. The molecule has 0 atom stereocenters. The van der Waals surface area contributed by atoms with Crippen molar-refractivity contribution in [3.05, 3.63) is 60.3 Å². The van der Waals surface area contributed by atoms with Crippen molar-refractivity contribution in [1.29, 1.82) is 0 Å². The Bertz CT molecular complexity index is 784. The molecule has 0 aliphatic heterocycles. The van der Waals surface area contributed by atoms with Crippen molar-refractivity contribution in [2.75, 3.05) is 0 Å². The van der Waals surface area contributed by atoms with Crippen molar-refractivity contribution in [3.63, 3.8) is 0 Å². The topological polar surface area (TPSA) is 63.1 Å². The van der Waals surface area contributed by atoms with Crippen molar-refractivity contribution < 1.29 is 9.90 Å². The predicted molar refractivity (Wildman–Crippen MR) is 77.1 cm³/mol. The van der Waals surface area contributed by atoms with Gasteiger partial charge in [-0.2, -0.15) is 10.2 Å². The fourth-order valence-corrected chi connectivity index (χ4v) is 2.95. The Balaban J connectivity index is 2.08. The zero-order valence-electron chi connectivity index (χ0n) is 10.4. The maximum Gasteiger partial charge on any atom is 0.336 e. The van der Waals surface area contributed by atoms with Crippen LogP contribution in [0.1, 0.15) is 10.4 Å². The van der Waals surface area contributed by atoms with Crippen molar-refractivity contribution >= 4 is 28.6 Å². The molecule has 98 valence electrons. The van der Waals surface area contributed by atoms with E-state index >= 15 is 0 Å². The summed E-state index contributed by atoms with van der Waals surface area (Å²) < 4.78 is 0. The average molecular weight is 282 g/mol. The average Bonchev–Trinajstić information content (AvgIpc) is 2.48. The summed E-state index contributed by atoms with van der Waals surface area (Å²) in [4.78, 5) is 12.8. The highest BCUT2D eigenvalue weighted by Crippen LogP contribution is 2.33. The lowest BCUT2D eigenvalue weighted by atomic mass is 10.2. The second-order valence-electron chi connectivity index (χ2n) is 4.13. The highest BCUT2D eigenvalue weighted by atomic mass is 32.2. The Morgan fingerprint density at radius 1 is 1.00 bits per heavy atom. The van der Waals surface area contributed by atoms with E-state index in [-0.39, 0.29) is 0 Å². The summed E-state index contributed by atoms with van der Waals surface area (Å²) in [6.07, 6.45) is 1.66. The van der Waals surface area contributed by atoms with Gasteiger partial charge in [-0.15, -0.1) is 0 Å². The largest absolute Gasteiger partial charge is 0.478 e. The molecule has 3 rings (SSSR count). The van der Waals surface area contributed by atoms with Crippen molar-refractivity contribution in [2.45, 2.75) is 9.79 Å². The first kappa shape index (κ1) is 12.6. The van der Waals surface area contributed by atoms with Crippen LogP contribution in [0.3, 0.4) is 0 Å². The molecule has 1 heterocycles. The summed E-state index contributed by atoms with van der Waals surface area (Å²) in [6.45, 7) is 0. The van der Waals surface area contributed by atoms with E-state index in [0.717, 1.165) is 15.8 Å². The zero-order chi connectivity index (χ0) is 13.9. The Morgan fingerprint density at radius 2 is 1.75 bits per heavy atom. The van der Waals surface area contributed by atoms with E-state index in [9.17, 15) is 9.90 Å². The number of aromatic carboxylic acids is 1. The van der Waals surface area contributed by atoms with Crippen LogP contribution >= 0.6 is 11.8 Å². The van der Waals surface area contributed by atoms with E-state index in [2.05, 4.69) is 10.2 Å². The van der Waals surface area contributed by atoms with Crippen molar-refractivity contribution in [1.82, 2.24) is 10.2 Å². The minimum atomic E-state index is -0.931. The lowest BCUT2D eigenvalue weighted by molar-refractivity contribution is 0.0693. The van der Waals surface area contributed by atoms with Crippen LogP contribution in [0.25, 0.3) is 10.9 Å². The van der Waals surface area contributed by atoms with E-state index in [4.69, 9.17) is 0 Å². The van der Waals surface area contributed by atoms with Gasteiger partial charge in [0.05, 0.1) is 17.3 Å². The maximum absolute atomic E-state index is 11.2. The molecule has 0 saturated carbocycles. The van der Waals surface area contributed by atoms with Crippen molar-refractivity contribution in [2.24, 2.45) is 0 Å². The van der Waals surface area contributed by atoms with Crippen LogP contribution in [0.2, 0.25) is 0 Å². The van der Waals surface area contributed by atoms with Gasteiger partial charge in [0.15, 0.2) is 0 Å². The molecule has 0 saturated heterocycles. The number of carboxylic acid groups (broad SMARTS) is 1. The van der Waals surface area contributed by atoms with Gasteiger partial charge in [0.2, 0.25) is 0 Å². The molecule has 1 aromatic heterocycles. The van der Waals surface area contributed by atoms with Gasteiger partial charge < -0.3 is 5.11 Å². The number of hydrogen-bond donors (Lipinski definition) is 1. The first-order valence-corrected chi connectivity index (χ1v) is 6.78. The smallest absolute Gasteiger partial charge is 0.336 e. The van der Waals surface area contributed by atoms with Crippen LogP contribution in [0.5, 0.6) is 0 Å². The monoisotopic (exact) mass is 282 g/mol. The molecule has 0 unspecified atom stereocenters. The highest BCUT2D eigenvalue weighted by Gasteiger charge is 2.12. The molecule has 0 aliphatic carbocycles. The Kier molecular flexibility index (Phi) is 3.35. The van der Waals surface area contributed by atoms with E-state index in [0.29, 0.717) is 10.5 Å². The molecular formula is C15H10N2O2S. The molecule has 0 amide bonds. The quantitative estimate of drug-likeness (QED) is 0.796. The van der Waals surface area contributed by atoms with Gasteiger partial charge in [-0.25, -0.2) is 4.79 Å². The molecule has 5 heteroatoms. The van der Waals surface area contributed by atoms with Crippen LogP contribution in [0.4, 0.5) is 0 Å². The minimum Gasteiger partial charge on any atom is -0.478 e. The Labute approximate surface area is 119 Å². The molecule has 0 aliphatic rings. The van der Waals surface area contributed by atoms with Crippen LogP contribution in [0.15, 0.2) is 64.5 Å². The van der Waals surface area contributed by atoms with Gasteiger partial charge in [-0.05, 0) is 18.2 Å². The van der Waals surface area contributed by atoms with Gasteiger partial charge in [0.1, 0.15) is 0 Å². The summed E-state index contributed by atoms with van der Waals surface area (Å²) in [5.41, 5.74) is 1.09. The first-order valence-electron chi connectivity index (χ1n) is 5.96. The molecule has 0 bridgehead atoms. The molecule has 1 N–H and O–H groups in total. The number of hydrogen-bond acceptors (Lipinski definition) is 4. The van der Waals surface area contributed by atoms with Crippen molar-refractivity contribution in [3.8, 4) is 0 Å². The molecule has 0 radical (unpaired) electrons. The number of rotatable bonds is 3. The van der Waals surface area contributed by atoms with Gasteiger partial charge >= 0.3 is 5.97 Å². The third-order valence-electron chi connectivity index (χ3n) is 2.85. The number of carbonyl (C=O) groups is 1. The van der Waals surface area contributed by atoms with E-state index in [1.54, 1.807) is 24.4 Å². The molecule has 20 heavy (non-hydrogen) atoms. The van der Waals surface area contributed by atoms with Gasteiger partial charge in [0, 0.05) is 15.2 Å². The number of aromatic nitrogens is 2. The Hall–Kier alpha value is -2.40. The second kappa shape index (κ2) is 5.30. The van der Waals surface area contributed by atoms with Crippen LogP contribution in [0, 0.1) is 0 Å². The standard InChI is InChI=1S/C15H10N2O2S/c18-15(19)11-6-2-4-8-13(11)20-14-9-16-17-12-7-3-1-5-10(12)14/h1-9H,(H,18,19). The SMILES string of the molecule is O=C(O)c1ccccc1Sc1cnnc2ccccc12. The zero-order valence-corrected chi connectivity index (χ0v) is 11.2. The molecule has 0 fully saturated rings. The maximum atomic E-state index is 11.2. The third-order valence-corrected chi connectivity index (χ3v) is 3.97. The van der Waals surface area contributed by atoms with Gasteiger partial charge in [0.25, 0.3) is 0 Å². The molecule has 3 aromatic rings. The second-order valence-corrected chi connectivity index (χ2v) is 5.21. The summed E-state index contributed by atoms with van der Waals surface area (Å²) in [5, 5.41) is 18.2. The molecule has 4 nitrogen and oxygen atoms in total.